The molecule has 2 aromatic heterocycles. The van der Waals surface area contributed by atoms with Crippen LogP contribution < -0.4 is 19.8 Å². The molecule has 1 aliphatic heterocycles. The lowest BCUT2D eigenvalue weighted by molar-refractivity contribution is -0.147. The number of carboxylic acid groups (broad SMARTS) is 1. The van der Waals surface area contributed by atoms with Crippen LogP contribution in [0.2, 0.25) is 18.1 Å². The third-order valence-electron chi connectivity index (χ3n) is 12.1. The third kappa shape index (κ3) is 8.03. The molecule has 2 fully saturated rings. The molecule has 4 aliphatic rings. The van der Waals surface area contributed by atoms with Crippen LogP contribution in [0.3, 0.4) is 0 Å². The number of pyridine rings is 1. The Labute approximate surface area is 357 Å². The number of carboxylic acids is 1. The second kappa shape index (κ2) is 16.3. The predicted molar refractivity (Wildman–Crippen MR) is 233 cm³/mol. The van der Waals surface area contributed by atoms with Crippen LogP contribution in [0.25, 0.3) is 21.3 Å². The Bertz CT molecular complexity index is 2430. The van der Waals surface area contributed by atoms with Gasteiger partial charge in [0.25, 0.3) is 0 Å². The number of halogens is 1. The lowest BCUT2D eigenvalue weighted by Crippen LogP contribution is -2.55. The van der Waals surface area contributed by atoms with Crippen molar-refractivity contribution in [3.05, 3.63) is 72.8 Å². The molecular weight excluding hydrogens is 857 g/mol. The number of methoxy groups -OCH3 is 2. The summed E-state index contributed by atoms with van der Waals surface area (Å²) in [6.07, 6.45) is 8.34. The maximum Gasteiger partial charge on any atom is 0.341 e. The van der Waals surface area contributed by atoms with Crippen molar-refractivity contribution in [3.63, 3.8) is 0 Å². The van der Waals surface area contributed by atoms with Gasteiger partial charge in [0.05, 0.1) is 47.5 Å². The lowest BCUT2D eigenvalue weighted by Gasteiger charge is -2.40. The molecule has 3 heterocycles. The normalized spacial score (nSPS) is 19.1. The minimum atomic E-state index is -1.84. The number of aryl methyl sites for hydroxylation is 1. The zero-order chi connectivity index (χ0) is 42.7. The molecule has 0 amide bonds. The SMILES string of the molecule is CCOC(=O)C1C(=O)C(=O)c2ccc(Br)c(OC)c2N1C1CC1.COc1c(-c2cc3c(s2)CCC(O[Si](C)(C)C(C)(C)C)C3)ccc2c(=O)c(C(=O)O)cn(C3CC3)c12. The maximum absolute atomic E-state index is 13.0. The number of ether oxygens (including phenoxy) is 3. The smallest absolute Gasteiger partial charge is 0.341 e. The number of hydrogen-bond acceptors (Lipinski definition) is 11. The van der Waals surface area contributed by atoms with Gasteiger partial charge in [-0.2, -0.15) is 0 Å². The van der Waals surface area contributed by atoms with E-state index >= 15 is 0 Å². The Balaban J connectivity index is 0.000000198. The molecule has 0 spiro atoms. The van der Waals surface area contributed by atoms with Crippen LogP contribution in [-0.2, 0) is 31.6 Å². The number of fused-ring (bicyclic) bond motifs is 3. The van der Waals surface area contributed by atoms with E-state index in [0.29, 0.717) is 32.6 Å². The van der Waals surface area contributed by atoms with Crippen molar-refractivity contribution in [2.24, 2.45) is 0 Å². The molecule has 59 heavy (non-hydrogen) atoms. The molecule has 0 saturated heterocycles. The Kier molecular flexibility index (Phi) is 11.8. The van der Waals surface area contributed by atoms with E-state index in [9.17, 15) is 29.1 Å². The van der Waals surface area contributed by atoms with Gasteiger partial charge in [0.2, 0.25) is 17.0 Å². The molecule has 2 aromatic carbocycles. The van der Waals surface area contributed by atoms with Crippen LogP contribution in [0.1, 0.15) is 97.0 Å². The molecule has 1 N–H and O–H groups in total. The number of carbonyl (C=O) groups is 4. The topological polar surface area (TPSA) is 151 Å². The molecule has 4 aromatic rings. The average molecular weight is 908 g/mol. The van der Waals surface area contributed by atoms with Crippen LogP contribution in [0, 0.1) is 0 Å². The number of ketones is 2. The van der Waals surface area contributed by atoms with Crippen molar-refractivity contribution in [1.29, 1.82) is 0 Å². The Morgan fingerprint density at radius 3 is 2.20 bits per heavy atom. The maximum atomic E-state index is 13.0. The highest BCUT2D eigenvalue weighted by Crippen LogP contribution is 2.48. The average Bonchev–Trinajstić information content (AvgIpc) is 4.13. The van der Waals surface area contributed by atoms with Gasteiger partial charge in [-0.3, -0.25) is 14.4 Å². The van der Waals surface area contributed by atoms with Crippen molar-refractivity contribution >= 4 is 75.7 Å². The molecule has 2 saturated carbocycles. The van der Waals surface area contributed by atoms with Gasteiger partial charge in [-0.1, -0.05) is 20.8 Å². The number of thiophene rings is 1. The number of benzene rings is 2. The molecule has 8 rings (SSSR count). The molecular formula is C44H51BrN2O10SSi. The number of Topliss-reactive ketones (excluding diaryl/α,β-unsaturated/α-hetero) is 2. The number of aromatic carboxylic acids is 1. The number of esters is 1. The molecule has 12 nitrogen and oxygen atoms in total. The Hall–Kier alpha value is -4.31. The predicted octanol–water partition coefficient (Wildman–Crippen LogP) is 8.77. The number of rotatable bonds is 10. The number of carbonyl (C=O) groups excluding carboxylic acids is 3. The van der Waals surface area contributed by atoms with E-state index in [2.05, 4.69) is 55.9 Å². The third-order valence-corrected chi connectivity index (χ3v) is 18.5. The zero-order valence-electron chi connectivity index (χ0n) is 34.7. The van der Waals surface area contributed by atoms with Crippen LogP contribution in [0.5, 0.6) is 11.5 Å². The zero-order valence-corrected chi connectivity index (χ0v) is 38.1. The van der Waals surface area contributed by atoms with Crippen LogP contribution in [0.15, 0.2) is 45.8 Å². The van der Waals surface area contributed by atoms with E-state index in [-0.39, 0.29) is 41.0 Å². The van der Waals surface area contributed by atoms with Gasteiger partial charge in [-0.05, 0) is 122 Å². The summed E-state index contributed by atoms with van der Waals surface area (Å²) < 4.78 is 25.7. The number of anilines is 1. The van der Waals surface area contributed by atoms with E-state index < -0.39 is 43.3 Å². The summed E-state index contributed by atoms with van der Waals surface area (Å²) in [5, 5.41) is 10.2. The number of aromatic nitrogens is 1. The first-order chi connectivity index (χ1) is 27.9. The summed E-state index contributed by atoms with van der Waals surface area (Å²) in [5.41, 5.74) is 3.09. The first-order valence-electron chi connectivity index (χ1n) is 20.1. The quantitative estimate of drug-likeness (QED) is 0.0704. The van der Waals surface area contributed by atoms with E-state index in [0.717, 1.165) is 55.4 Å². The fourth-order valence-corrected chi connectivity index (χ4v) is 10.9. The van der Waals surface area contributed by atoms with E-state index in [4.69, 9.17) is 18.6 Å². The standard InChI is InChI=1S/C28H35NO5SSi.C16H16BrNO5/c1-28(2,3)36(5,6)34-18-9-12-22-16(13-18)14-23(35-22)19-10-11-20-24(26(19)33-4)29(17-7-8-17)15-21(25(20)30)27(31)32;1-3-23-16(21)12-14(20)13(19)9-6-7-10(17)15(22-2)11(9)18(12)8-4-5-8/h10-11,14-15,17-18H,7-9,12-13H2,1-6H3,(H,31,32);6-8,12H,3-5H2,1-2H3. The van der Waals surface area contributed by atoms with Gasteiger partial charge in [0.1, 0.15) is 5.56 Å². The summed E-state index contributed by atoms with van der Waals surface area (Å²) in [6.45, 7) is 13.3. The van der Waals surface area contributed by atoms with Crippen LogP contribution in [-0.4, -0.2) is 80.5 Å². The molecule has 314 valence electrons. The summed E-state index contributed by atoms with van der Waals surface area (Å²) in [6, 6.07) is 8.18. The Morgan fingerprint density at radius 2 is 1.61 bits per heavy atom. The minimum Gasteiger partial charge on any atom is -0.494 e. The summed E-state index contributed by atoms with van der Waals surface area (Å²) >= 11 is 5.18. The minimum absolute atomic E-state index is 0.0309. The van der Waals surface area contributed by atoms with Gasteiger partial charge in [0, 0.05) is 39.7 Å². The molecule has 2 atom stereocenters. The molecule has 2 unspecified atom stereocenters. The van der Waals surface area contributed by atoms with Crippen molar-refractivity contribution in [2.45, 2.75) is 115 Å². The van der Waals surface area contributed by atoms with Gasteiger partial charge < -0.3 is 33.2 Å². The molecule has 3 aliphatic carbocycles. The first kappa shape index (κ1) is 42.8. The highest BCUT2D eigenvalue weighted by Gasteiger charge is 2.51. The summed E-state index contributed by atoms with van der Waals surface area (Å²) in [7, 11) is 1.28. The van der Waals surface area contributed by atoms with Crippen LogP contribution >= 0.6 is 27.3 Å². The first-order valence-corrected chi connectivity index (χ1v) is 24.6. The lowest BCUT2D eigenvalue weighted by atomic mass is 9.92. The number of hydrogen-bond donors (Lipinski definition) is 1. The highest BCUT2D eigenvalue weighted by atomic mass is 79.9. The monoisotopic (exact) mass is 906 g/mol. The van der Waals surface area contributed by atoms with Gasteiger partial charge in [0.15, 0.2) is 25.9 Å². The second-order valence-corrected chi connectivity index (χ2v) is 23.9. The van der Waals surface area contributed by atoms with Crippen molar-refractivity contribution < 1.29 is 42.9 Å². The van der Waals surface area contributed by atoms with Gasteiger partial charge >= 0.3 is 11.9 Å². The van der Waals surface area contributed by atoms with Crippen molar-refractivity contribution in [1.82, 2.24) is 4.57 Å². The van der Waals surface area contributed by atoms with Gasteiger partial charge in [-0.25, -0.2) is 9.59 Å². The fourth-order valence-electron chi connectivity index (χ4n) is 7.81. The Morgan fingerprint density at radius 1 is 0.949 bits per heavy atom. The summed E-state index contributed by atoms with van der Waals surface area (Å²) in [5.74, 6) is -2.22. The number of nitrogens with zero attached hydrogens (tertiary/aromatic N) is 2. The highest BCUT2D eigenvalue weighted by molar-refractivity contribution is 9.10. The van der Waals surface area contributed by atoms with Gasteiger partial charge in [-0.15, -0.1) is 11.3 Å². The van der Waals surface area contributed by atoms with Crippen LogP contribution in [0.4, 0.5) is 5.69 Å². The summed E-state index contributed by atoms with van der Waals surface area (Å²) in [4.78, 5) is 66.2. The van der Waals surface area contributed by atoms with Crippen molar-refractivity contribution in [2.75, 3.05) is 25.7 Å². The second-order valence-electron chi connectivity index (χ2n) is 17.1. The van der Waals surface area contributed by atoms with Crippen molar-refractivity contribution in [3.8, 4) is 21.9 Å². The molecule has 0 radical (unpaired) electrons. The largest absolute Gasteiger partial charge is 0.494 e. The van der Waals surface area contributed by atoms with E-state index in [1.165, 1.54) is 23.7 Å². The fraction of sp³-hybridized carbons (Fsp3) is 0.477. The molecule has 0 bridgehead atoms. The van der Waals surface area contributed by atoms with E-state index in [1.807, 2.05) is 10.6 Å². The van der Waals surface area contributed by atoms with E-state index in [1.54, 1.807) is 48.5 Å². The molecule has 15 heteroatoms.